The van der Waals surface area contributed by atoms with Gasteiger partial charge in [0.15, 0.2) is 0 Å². The van der Waals surface area contributed by atoms with Gasteiger partial charge in [0.1, 0.15) is 5.31 Å². The number of ether oxygens (including phenoxy) is 1. The highest BCUT2D eigenvalue weighted by molar-refractivity contribution is 14.1. The maximum absolute atomic E-state index is 12.3. The molecule has 0 aliphatic carbocycles. The van der Waals surface area contributed by atoms with Crippen LogP contribution >= 0.6 is 30.2 Å². The summed E-state index contributed by atoms with van der Waals surface area (Å²) in [6.07, 6.45) is 1.44. The number of carbonyl (C=O) groups excluding carboxylic acids is 1. The molecular weight excluding hydrogens is 382 g/mol. The van der Waals surface area contributed by atoms with E-state index in [0.717, 1.165) is 3.57 Å². The van der Waals surface area contributed by atoms with Gasteiger partial charge in [-0.1, -0.05) is 12.1 Å². The summed E-state index contributed by atoms with van der Waals surface area (Å²) in [6.45, 7) is 0. The standard InChI is InChI=1S/C12H14IO5P/c1-16-12(14)11(19(15,17-2)18-3)8-9-4-6-10(13)7-5-9/h4-8H,1-3H3/b11-8-. The molecule has 0 spiro atoms. The summed E-state index contributed by atoms with van der Waals surface area (Å²) >= 11 is 2.17. The Morgan fingerprint density at radius 1 is 1.16 bits per heavy atom. The Balaban J connectivity index is 3.28. The second-order valence-electron chi connectivity index (χ2n) is 3.44. The van der Waals surface area contributed by atoms with E-state index in [1.165, 1.54) is 27.4 Å². The van der Waals surface area contributed by atoms with Crippen LogP contribution in [0.3, 0.4) is 0 Å². The molecule has 104 valence electrons. The first-order chi connectivity index (χ1) is 8.96. The Morgan fingerprint density at radius 2 is 1.68 bits per heavy atom. The highest BCUT2D eigenvalue weighted by atomic mass is 127. The van der Waals surface area contributed by atoms with Crippen LogP contribution in [0.5, 0.6) is 0 Å². The van der Waals surface area contributed by atoms with E-state index in [1.54, 1.807) is 12.1 Å². The van der Waals surface area contributed by atoms with Crippen molar-refractivity contribution in [3.05, 3.63) is 38.7 Å². The van der Waals surface area contributed by atoms with E-state index >= 15 is 0 Å². The van der Waals surface area contributed by atoms with Crippen molar-refractivity contribution in [3.8, 4) is 0 Å². The molecular formula is C12H14IO5P. The first-order valence-electron chi connectivity index (χ1n) is 5.24. The molecule has 0 saturated carbocycles. The number of esters is 1. The molecule has 0 bridgehead atoms. The smallest absolute Gasteiger partial charge is 0.368 e. The zero-order valence-electron chi connectivity index (χ0n) is 10.8. The minimum absolute atomic E-state index is 0.138. The van der Waals surface area contributed by atoms with E-state index in [-0.39, 0.29) is 5.31 Å². The van der Waals surface area contributed by atoms with E-state index < -0.39 is 13.6 Å². The van der Waals surface area contributed by atoms with Crippen LogP contribution in [0.15, 0.2) is 29.6 Å². The van der Waals surface area contributed by atoms with Gasteiger partial charge < -0.3 is 13.8 Å². The van der Waals surface area contributed by atoms with Gasteiger partial charge in [-0.25, -0.2) is 4.79 Å². The second-order valence-corrected chi connectivity index (χ2v) is 6.89. The third-order valence-electron chi connectivity index (χ3n) is 2.34. The molecule has 5 nitrogen and oxygen atoms in total. The van der Waals surface area contributed by atoms with E-state index in [9.17, 15) is 9.36 Å². The molecule has 0 unspecified atom stereocenters. The van der Waals surface area contributed by atoms with Crippen molar-refractivity contribution in [2.75, 3.05) is 21.3 Å². The Hall–Kier alpha value is -0.690. The van der Waals surface area contributed by atoms with Crippen LogP contribution in [0, 0.1) is 3.57 Å². The fourth-order valence-corrected chi connectivity index (χ4v) is 2.87. The Morgan fingerprint density at radius 3 is 2.11 bits per heavy atom. The zero-order valence-corrected chi connectivity index (χ0v) is 13.8. The van der Waals surface area contributed by atoms with E-state index in [0.29, 0.717) is 5.56 Å². The van der Waals surface area contributed by atoms with Gasteiger partial charge in [0.05, 0.1) is 7.11 Å². The highest BCUT2D eigenvalue weighted by Crippen LogP contribution is 2.55. The van der Waals surface area contributed by atoms with Gasteiger partial charge >= 0.3 is 13.6 Å². The topological polar surface area (TPSA) is 61.8 Å². The summed E-state index contributed by atoms with van der Waals surface area (Å²) in [7, 11) is -0.0140. The van der Waals surface area contributed by atoms with Gasteiger partial charge in [-0.05, 0) is 46.4 Å². The molecule has 0 heterocycles. The number of rotatable bonds is 5. The van der Waals surface area contributed by atoms with Crippen molar-refractivity contribution in [2.45, 2.75) is 0 Å². The van der Waals surface area contributed by atoms with E-state index in [4.69, 9.17) is 9.05 Å². The molecule has 1 aromatic carbocycles. The predicted octanol–water partition coefficient (Wildman–Crippen LogP) is 3.29. The number of benzene rings is 1. The Labute approximate surface area is 125 Å². The average molecular weight is 396 g/mol. The summed E-state index contributed by atoms with van der Waals surface area (Å²) < 4.78 is 27.6. The molecule has 19 heavy (non-hydrogen) atoms. The number of halogens is 1. The first kappa shape index (κ1) is 16.4. The summed E-state index contributed by atoms with van der Waals surface area (Å²) in [6, 6.07) is 7.32. The summed E-state index contributed by atoms with van der Waals surface area (Å²) in [5.74, 6) is -0.745. The van der Waals surface area contributed by atoms with Crippen LogP contribution < -0.4 is 0 Å². The first-order valence-corrected chi connectivity index (χ1v) is 7.86. The molecule has 0 amide bonds. The summed E-state index contributed by atoms with van der Waals surface area (Å²) in [5.41, 5.74) is 0.704. The molecule has 1 aromatic rings. The van der Waals surface area contributed by atoms with Crippen molar-refractivity contribution < 1.29 is 23.1 Å². The number of hydrogen-bond acceptors (Lipinski definition) is 5. The molecule has 0 aromatic heterocycles. The Kier molecular flexibility index (Phi) is 6.19. The lowest BCUT2D eigenvalue weighted by molar-refractivity contribution is -0.135. The maximum atomic E-state index is 12.3. The maximum Gasteiger partial charge on any atom is 0.368 e. The van der Waals surface area contributed by atoms with Crippen LogP contribution in [0.1, 0.15) is 5.56 Å². The van der Waals surface area contributed by atoms with Crippen LogP contribution in [0.4, 0.5) is 0 Å². The average Bonchev–Trinajstić information content (AvgIpc) is 2.45. The van der Waals surface area contributed by atoms with Crippen molar-refractivity contribution in [1.82, 2.24) is 0 Å². The van der Waals surface area contributed by atoms with Crippen LogP contribution in [0.2, 0.25) is 0 Å². The third kappa shape index (κ3) is 4.14. The third-order valence-corrected chi connectivity index (χ3v) is 4.93. The molecule has 0 radical (unpaired) electrons. The second kappa shape index (κ2) is 7.19. The quantitative estimate of drug-likeness (QED) is 0.331. The minimum Gasteiger partial charge on any atom is -0.465 e. The van der Waals surface area contributed by atoms with Gasteiger partial charge in [0.25, 0.3) is 0 Å². The fraction of sp³-hybridized carbons (Fsp3) is 0.250. The largest absolute Gasteiger partial charge is 0.465 e. The van der Waals surface area contributed by atoms with Crippen molar-refractivity contribution in [2.24, 2.45) is 0 Å². The van der Waals surface area contributed by atoms with Gasteiger partial charge in [-0.2, -0.15) is 0 Å². The molecule has 0 saturated heterocycles. The summed E-state index contributed by atoms with van der Waals surface area (Å²) in [4.78, 5) is 11.7. The molecule has 0 fully saturated rings. The normalized spacial score (nSPS) is 12.3. The van der Waals surface area contributed by atoms with Crippen LogP contribution in [-0.4, -0.2) is 27.3 Å². The van der Waals surface area contributed by atoms with E-state index in [1.807, 2.05) is 12.1 Å². The molecule has 0 aliphatic rings. The lowest BCUT2D eigenvalue weighted by Gasteiger charge is -2.15. The lowest BCUT2D eigenvalue weighted by atomic mass is 10.2. The van der Waals surface area contributed by atoms with Gasteiger partial charge in [-0.15, -0.1) is 0 Å². The SMILES string of the molecule is COC(=O)/C(=C/c1ccc(I)cc1)P(=O)(OC)OC. The highest BCUT2D eigenvalue weighted by Gasteiger charge is 2.34. The van der Waals surface area contributed by atoms with Gasteiger partial charge in [-0.3, -0.25) is 4.57 Å². The van der Waals surface area contributed by atoms with E-state index in [2.05, 4.69) is 27.3 Å². The minimum atomic E-state index is -3.66. The lowest BCUT2D eigenvalue weighted by Crippen LogP contribution is -2.07. The van der Waals surface area contributed by atoms with Crippen molar-refractivity contribution in [1.29, 1.82) is 0 Å². The molecule has 0 aliphatic heterocycles. The fourth-order valence-electron chi connectivity index (χ4n) is 1.34. The zero-order chi connectivity index (χ0) is 14.5. The molecule has 0 N–H and O–H groups in total. The number of hydrogen-bond donors (Lipinski definition) is 0. The molecule has 7 heteroatoms. The summed E-state index contributed by atoms with van der Waals surface area (Å²) in [5, 5.41) is -0.138. The monoisotopic (exact) mass is 396 g/mol. The molecule has 0 atom stereocenters. The van der Waals surface area contributed by atoms with Gasteiger partial charge in [0.2, 0.25) is 0 Å². The molecule has 1 rings (SSSR count). The predicted molar refractivity (Wildman–Crippen MR) is 80.8 cm³/mol. The van der Waals surface area contributed by atoms with Crippen molar-refractivity contribution in [3.63, 3.8) is 0 Å². The Bertz CT molecular complexity index is 515. The van der Waals surface area contributed by atoms with Crippen molar-refractivity contribution >= 4 is 42.2 Å². The van der Waals surface area contributed by atoms with Crippen LogP contribution in [0.25, 0.3) is 6.08 Å². The van der Waals surface area contributed by atoms with Crippen LogP contribution in [-0.2, 0) is 23.1 Å². The van der Waals surface area contributed by atoms with Gasteiger partial charge in [0, 0.05) is 17.8 Å². The number of methoxy groups -OCH3 is 1. The number of carbonyl (C=O) groups is 1.